The van der Waals surface area contributed by atoms with Crippen LogP contribution in [-0.4, -0.2) is 29.7 Å². The van der Waals surface area contributed by atoms with Gasteiger partial charge >= 0.3 is 0 Å². The summed E-state index contributed by atoms with van der Waals surface area (Å²) in [6, 6.07) is 12.7. The number of hydrogen-bond donors (Lipinski definition) is 0. The molecule has 0 N–H and O–H groups in total. The van der Waals surface area contributed by atoms with Gasteiger partial charge in [-0.25, -0.2) is 8.42 Å². The maximum absolute atomic E-state index is 13.3. The van der Waals surface area contributed by atoms with E-state index >= 15 is 0 Å². The minimum absolute atomic E-state index is 0.0984. The first kappa shape index (κ1) is 18.3. The van der Waals surface area contributed by atoms with Gasteiger partial charge in [-0.3, -0.25) is 10.1 Å². The van der Waals surface area contributed by atoms with Crippen LogP contribution in [-0.2, 0) is 10.0 Å². The molecule has 3 atom stereocenters. The van der Waals surface area contributed by atoms with Gasteiger partial charge in [0.1, 0.15) is 6.04 Å². The maximum Gasteiger partial charge on any atom is 0.244 e. The van der Waals surface area contributed by atoms with Crippen molar-refractivity contribution in [3.63, 3.8) is 0 Å². The van der Waals surface area contributed by atoms with E-state index in [1.54, 1.807) is 42.5 Å². The molecule has 1 saturated heterocycles. The van der Waals surface area contributed by atoms with E-state index in [1.807, 2.05) is 6.92 Å². The van der Waals surface area contributed by atoms with Gasteiger partial charge in [0.05, 0.1) is 10.9 Å². The van der Waals surface area contributed by atoms with Gasteiger partial charge in [-0.2, -0.15) is 4.31 Å². The fraction of sp³-hybridized carbons (Fsp3) is 0.263. The Morgan fingerprint density at radius 3 is 2.31 bits per heavy atom. The SMILES string of the molecule is C=C[C@@H]1C[C@@H]([N+](=O)[O-])[C@H](c2ccccc2)N1S(=O)(=O)c1ccc(C)cc1. The highest BCUT2D eigenvalue weighted by Gasteiger charge is 2.53. The summed E-state index contributed by atoms with van der Waals surface area (Å²) in [5, 5.41) is 11.7. The summed E-state index contributed by atoms with van der Waals surface area (Å²) < 4.78 is 27.9. The molecule has 1 fully saturated rings. The minimum atomic E-state index is -3.92. The van der Waals surface area contributed by atoms with Crippen molar-refractivity contribution in [3.8, 4) is 0 Å². The van der Waals surface area contributed by atoms with Crippen molar-refractivity contribution in [2.24, 2.45) is 0 Å². The Kier molecular flexibility index (Phi) is 4.93. The second-order valence-electron chi connectivity index (χ2n) is 6.39. The van der Waals surface area contributed by atoms with Gasteiger partial charge in [-0.1, -0.05) is 54.1 Å². The van der Waals surface area contributed by atoms with E-state index in [0.29, 0.717) is 5.56 Å². The Bertz CT molecular complexity index is 910. The number of benzene rings is 2. The standard InChI is InChI=1S/C19H20N2O4S/c1-3-16-13-18(21(22)23)19(15-7-5-4-6-8-15)20(16)26(24,25)17-11-9-14(2)10-12-17/h3-12,16,18-19H,1,13H2,2H3/t16-,18-,19+/m1/s1. The molecule has 6 nitrogen and oxygen atoms in total. The van der Waals surface area contributed by atoms with E-state index in [1.165, 1.54) is 22.5 Å². The Hall–Kier alpha value is -2.51. The number of nitro groups is 1. The number of sulfonamides is 1. The fourth-order valence-corrected chi connectivity index (χ4v) is 5.25. The van der Waals surface area contributed by atoms with Crippen LogP contribution in [0.15, 0.2) is 72.1 Å². The summed E-state index contributed by atoms with van der Waals surface area (Å²) in [6.45, 7) is 5.58. The van der Waals surface area contributed by atoms with Crippen molar-refractivity contribution >= 4 is 10.0 Å². The molecule has 2 aromatic rings. The third kappa shape index (κ3) is 3.15. The van der Waals surface area contributed by atoms with E-state index in [2.05, 4.69) is 6.58 Å². The molecule has 136 valence electrons. The zero-order chi connectivity index (χ0) is 18.9. The zero-order valence-corrected chi connectivity index (χ0v) is 15.2. The molecule has 0 saturated carbocycles. The molecule has 0 radical (unpaired) electrons. The average Bonchev–Trinajstić information content (AvgIpc) is 3.03. The molecule has 1 aliphatic rings. The number of nitrogens with zero attached hydrogens (tertiary/aromatic N) is 2. The quantitative estimate of drug-likeness (QED) is 0.458. The minimum Gasteiger partial charge on any atom is -0.264 e. The topological polar surface area (TPSA) is 80.5 Å². The third-order valence-electron chi connectivity index (χ3n) is 4.73. The lowest BCUT2D eigenvalue weighted by molar-refractivity contribution is -0.525. The van der Waals surface area contributed by atoms with Crippen LogP contribution in [0.4, 0.5) is 0 Å². The second-order valence-corrected chi connectivity index (χ2v) is 8.24. The van der Waals surface area contributed by atoms with Crippen LogP contribution in [0.25, 0.3) is 0 Å². The molecule has 0 bridgehead atoms. The van der Waals surface area contributed by atoms with Crippen LogP contribution in [0, 0.1) is 17.0 Å². The zero-order valence-electron chi connectivity index (χ0n) is 14.4. The average molecular weight is 372 g/mol. The van der Waals surface area contributed by atoms with Gasteiger partial charge in [0.2, 0.25) is 16.1 Å². The van der Waals surface area contributed by atoms with Gasteiger partial charge in [0.15, 0.2) is 0 Å². The largest absolute Gasteiger partial charge is 0.264 e. The van der Waals surface area contributed by atoms with Gasteiger partial charge in [0, 0.05) is 11.3 Å². The number of aryl methyl sites for hydroxylation is 1. The smallest absolute Gasteiger partial charge is 0.244 e. The summed E-state index contributed by atoms with van der Waals surface area (Å²) in [7, 11) is -3.92. The summed E-state index contributed by atoms with van der Waals surface area (Å²) in [5.74, 6) is 0. The van der Waals surface area contributed by atoms with Crippen LogP contribution >= 0.6 is 0 Å². The number of rotatable bonds is 5. The molecule has 0 aromatic heterocycles. The predicted molar refractivity (Wildman–Crippen MR) is 98.8 cm³/mol. The summed E-state index contributed by atoms with van der Waals surface area (Å²) in [5.41, 5.74) is 1.54. The van der Waals surface area contributed by atoms with E-state index in [0.717, 1.165) is 5.56 Å². The first-order valence-electron chi connectivity index (χ1n) is 8.27. The van der Waals surface area contributed by atoms with Crippen molar-refractivity contribution in [1.29, 1.82) is 0 Å². The van der Waals surface area contributed by atoms with Crippen LogP contribution < -0.4 is 0 Å². The first-order chi connectivity index (χ1) is 12.4. The molecule has 0 amide bonds. The first-order valence-corrected chi connectivity index (χ1v) is 9.71. The van der Waals surface area contributed by atoms with Gasteiger partial charge < -0.3 is 0 Å². The Balaban J connectivity index is 2.15. The van der Waals surface area contributed by atoms with Crippen LogP contribution in [0.2, 0.25) is 0 Å². The Morgan fingerprint density at radius 1 is 1.15 bits per heavy atom. The molecular formula is C19H20N2O4S. The van der Waals surface area contributed by atoms with Crippen molar-refractivity contribution in [2.45, 2.75) is 36.4 Å². The van der Waals surface area contributed by atoms with Gasteiger partial charge in [-0.05, 0) is 24.6 Å². The molecule has 0 aliphatic carbocycles. The lowest BCUT2D eigenvalue weighted by Gasteiger charge is -2.27. The third-order valence-corrected chi connectivity index (χ3v) is 6.65. The maximum atomic E-state index is 13.3. The highest BCUT2D eigenvalue weighted by Crippen LogP contribution is 2.42. The lowest BCUT2D eigenvalue weighted by Crippen LogP contribution is -2.38. The molecule has 7 heteroatoms. The normalized spacial score (nSPS) is 23.7. The van der Waals surface area contributed by atoms with Crippen LogP contribution in [0.3, 0.4) is 0 Å². The Labute approximate surface area is 153 Å². The summed E-state index contributed by atoms with van der Waals surface area (Å²) in [4.78, 5) is 11.4. The van der Waals surface area contributed by atoms with E-state index in [-0.39, 0.29) is 11.3 Å². The highest BCUT2D eigenvalue weighted by molar-refractivity contribution is 7.89. The van der Waals surface area contributed by atoms with Crippen molar-refractivity contribution < 1.29 is 13.3 Å². The highest BCUT2D eigenvalue weighted by atomic mass is 32.2. The fourth-order valence-electron chi connectivity index (χ4n) is 3.44. The molecule has 26 heavy (non-hydrogen) atoms. The van der Waals surface area contributed by atoms with Gasteiger partial charge in [0.25, 0.3) is 0 Å². The van der Waals surface area contributed by atoms with Crippen molar-refractivity contribution in [3.05, 3.63) is 88.5 Å². The van der Waals surface area contributed by atoms with Crippen molar-refractivity contribution in [2.75, 3.05) is 0 Å². The monoisotopic (exact) mass is 372 g/mol. The van der Waals surface area contributed by atoms with Crippen molar-refractivity contribution in [1.82, 2.24) is 4.31 Å². The number of hydrogen-bond acceptors (Lipinski definition) is 4. The van der Waals surface area contributed by atoms with Crippen LogP contribution in [0.1, 0.15) is 23.6 Å². The molecule has 0 spiro atoms. The Morgan fingerprint density at radius 2 is 1.77 bits per heavy atom. The molecule has 1 aliphatic heterocycles. The lowest BCUT2D eigenvalue weighted by atomic mass is 10.0. The van der Waals surface area contributed by atoms with E-state index in [4.69, 9.17) is 0 Å². The van der Waals surface area contributed by atoms with Crippen LogP contribution in [0.5, 0.6) is 0 Å². The molecule has 2 aromatic carbocycles. The van der Waals surface area contributed by atoms with Gasteiger partial charge in [-0.15, -0.1) is 6.58 Å². The second kappa shape index (κ2) is 7.01. The predicted octanol–water partition coefficient (Wildman–Crippen LogP) is 3.33. The molecule has 0 unspecified atom stereocenters. The molecule has 3 rings (SSSR count). The van der Waals surface area contributed by atoms with E-state index in [9.17, 15) is 18.5 Å². The summed E-state index contributed by atoms with van der Waals surface area (Å²) >= 11 is 0. The van der Waals surface area contributed by atoms with E-state index < -0.39 is 33.1 Å². The molecule has 1 heterocycles. The summed E-state index contributed by atoms with van der Waals surface area (Å²) in [6.07, 6.45) is 1.58. The molecular weight excluding hydrogens is 352 g/mol.